The molecule has 0 bridgehead atoms. The predicted octanol–water partition coefficient (Wildman–Crippen LogP) is 4.43. The van der Waals surface area contributed by atoms with Crippen LogP contribution in [0.3, 0.4) is 0 Å². The zero-order chi connectivity index (χ0) is 25.5. The summed E-state index contributed by atoms with van der Waals surface area (Å²) < 4.78 is 17.7. The van der Waals surface area contributed by atoms with Gasteiger partial charge in [-0.2, -0.15) is 0 Å². The molecular formula is C29H37N2O5+. The molecular weight excluding hydrogens is 456 g/mol. The van der Waals surface area contributed by atoms with Gasteiger partial charge in [0.25, 0.3) is 5.91 Å². The number of quaternary nitrogens is 1. The van der Waals surface area contributed by atoms with Gasteiger partial charge >= 0.3 is 5.97 Å². The van der Waals surface area contributed by atoms with Crippen LogP contribution < -0.4 is 14.8 Å². The number of amides is 1. The molecule has 7 nitrogen and oxygen atoms in total. The van der Waals surface area contributed by atoms with Gasteiger partial charge in [0.2, 0.25) is 0 Å². The van der Waals surface area contributed by atoms with Crippen LogP contribution in [0.2, 0.25) is 0 Å². The fraction of sp³-hybridized carbons (Fsp3) is 0.448. The zero-order valence-corrected chi connectivity index (χ0v) is 21.5. The Morgan fingerprint density at radius 1 is 0.972 bits per heavy atom. The first-order valence-corrected chi connectivity index (χ1v) is 12.7. The number of carbonyl (C=O) groups is 2. The highest BCUT2D eigenvalue weighted by Gasteiger charge is 2.44. The second kappa shape index (κ2) is 11.6. The van der Waals surface area contributed by atoms with Crippen LogP contribution in [0, 0.1) is 5.92 Å². The van der Waals surface area contributed by atoms with Crippen LogP contribution in [-0.4, -0.2) is 63.4 Å². The SMILES string of the molecule is COc1ccc(/C=C(\NC(=O)c2ccccc2)C(=O)OC[C@@H]2CCC[N@@+]3(C)CCCC[C@H]23)cc1OC. The molecule has 1 N–H and O–H groups in total. The summed E-state index contributed by atoms with van der Waals surface area (Å²) in [6, 6.07) is 14.7. The Hall–Kier alpha value is -3.32. The van der Waals surface area contributed by atoms with E-state index in [0.717, 1.165) is 17.3 Å². The van der Waals surface area contributed by atoms with Crippen LogP contribution >= 0.6 is 0 Å². The lowest BCUT2D eigenvalue weighted by atomic mass is 9.82. The third-order valence-corrected chi connectivity index (χ3v) is 7.66. The normalized spacial score (nSPS) is 23.8. The second-order valence-electron chi connectivity index (χ2n) is 9.98. The van der Waals surface area contributed by atoms with Crippen LogP contribution in [0.4, 0.5) is 0 Å². The van der Waals surface area contributed by atoms with Crippen molar-refractivity contribution in [2.24, 2.45) is 5.92 Å². The Morgan fingerprint density at radius 3 is 2.47 bits per heavy atom. The van der Waals surface area contributed by atoms with Gasteiger partial charge in [-0.25, -0.2) is 4.79 Å². The highest BCUT2D eigenvalue weighted by Crippen LogP contribution is 2.36. The third kappa shape index (κ3) is 5.90. The molecule has 36 heavy (non-hydrogen) atoms. The van der Waals surface area contributed by atoms with Crippen LogP contribution in [0.25, 0.3) is 6.08 Å². The van der Waals surface area contributed by atoms with Crippen molar-refractivity contribution in [2.75, 3.05) is 41.0 Å². The Kier molecular flexibility index (Phi) is 8.31. The maximum atomic E-state index is 13.3. The van der Waals surface area contributed by atoms with E-state index in [1.165, 1.54) is 32.4 Å². The van der Waals surface area contributed by atoms with Crippen LogP contribution in [0.15, 0.2) is 54.2 Å². The number of nitrogens with zero attached hydrogens (tertiary/aromatic N) is 1. The summed E-state index contributed by atoms with van der Waals surface area (Å²) in [5, 5.41) is 2.77. The Labute approximate surface area is 213 Å². The summed E-state index contributed by atoms with van der Waals surface area (Å²) in [7, 11) is 5.47. The number of esters is 1. The van der Waals surface area contributed by atoms with Gasteiger partial charge in [-0.05, 0) is 61.6 Å². The zero-order valence-electron chi connectivity index (χ0n) is 21.5. The lowest BCUT2D eigenvalue weighted by Crippen LogP contribution is -2.61. The summed E-state index contributed by atoms with van der Waals surface area (Å²) >= 11 is 0. The minimum absolute atomic E-state index is 0.0905. The fourth-order valence-electron chi connectivity index (χ4n) is 5.73. The number of hydrogen-bond acceptors (Lipinski definition) is 5. The number of nitrogens with one attached hydrogen (secondary N) is 1. The lowest BCUT2D eigenvalue weighted by Gasteiger charge is -2.51. The minimum atomic E-state index is -0.537. The molecule has 2 aliphatic heterocycles. The molecule has 0 aliphatic carbocycles. The standard InChI is InChI=1S/C29H36N2O5/c1-31-16-8-7-13-25(31)23(12-9-17-31)20-36-29(33)24(30-28(32)22-10-5-4-6-11-22)18-21-14-15-26(34-2)27(19-21)35-3/h4-6,10-11,14-15,18-19,23,25H,7-9,12-13,16-17,20H2,1-3H3/p+1/b24-18-/t23-,25+,31+/m0/s1. The molecule has 0 unspecified atom stereocenters. The van der Waals surface area contributed by atoms with Crippen molar-refractivity contribution >= 4 is 18.0 Å². The molecule has 2 heterocycles. The first kappa shape index (κ1) is 25.8. The fourth-order valence-corrected chi connectivity index (χ4v) is 5.73. The first-order valence-electron chi connectivity index (χ1n) is 12.7. The molecule has 2 fully saturated rings. The first-order chi connectivity index (χ1) is 17.4. The van der Waals surface area contributed by atoms with Crippen molar-refractivity contribution in [2.45, 2.75) is 38.1 Å². The van der Waals surface area contributed by atoms with Crippen molar-refractivity contribution < 1.29 is 28.3 Å². The number of methoxy groups -OCH3 is 2. The maximum absolute atomic E-state index is 13.3. The number of ether oxygens (including phenoxy) is 3. The second-order valence-corrected chi connectivity index (χ2v) is 9.98. The smallest absolute Gasteiger partial charge is 0.354 e. The number of rotatable bonds is 8. The molecule has 0 radical (unpaired) electrons. The highest BCUT2D eigenvalue weighted by molar-refractivity contribution is 6.03. The summed E-state index contributed by atoms with van der Waals surface area (Å²) in [6.45, 7) is 2.77. The maximum Gasteiger partial charge on any atom is 0.354 e. The molecule has 2 aliphatic rings. The molecule has 1 amide bonds. The Balaban J connectivity index is 1.54. The van der Waals surface area contributed by atoms with E-state index in [9.17, 15) is 9.59 Å². The van der Waals surface area contributed by atoms with Crippen molar-refractivity contribution in [3.05, 3.63) is 65.4 Å². The quantitative estimate of drug-likeness (QED) is 0.335. The largest absolute Gasteiger partial charge is 0.493 e. The van der Waals surface area contributed by atoms with Gasteiger partial charge in [0.15, 0.2) is 11.5 Å². The van der Waals surface area contributed by atoms with Crippen LogP contribution in [0.1, 0.15) is 48.0 Å². The van der Waals surface area contributed by atoms with Gasteiger partial charge < -0.3 is 24.0 Å². The lowest BCUT2D eigenvalue weighted by molar-refractivity contribution is -0.947. The molecule has 4 rings (SSSR count). The summed E-state index contributed by atoms with van der Waals surface area (Å²) in [5.41, 5.74) is 1.24. The molecule has 0 aromatic heterocycles. The number of benzene rings is 2. The van der Waals surface area contributed by atoms with Gasteiger partial charge in [0, 0.05) is 17.9 Å². The van der Waals surface area contributed by atoms with E-state index in [4.69, 9.17) is 14.2 Å². The number of carbonyl (C=O) groups excluding carboxylic acids is 2. The van der Waals surface area contributed by atoms with Gasteiger partial charge in [0.1, 0.15) is 12.3 Å². The van der Waals surface area contributed by atoms with Crippen LogP contribution in [0.5, 0.6) is 11.5 Å². The van der Waals surface area contributed by atoms with E-state index in [2.05, 4.69) is 12.4 Å². The number of fused-ring (bicyclic) bond motifs is 1. The molecule has 2 aromatic rings. The monoisotopic (exact) mass is 493 g/mol. The van der Waals surface area contributed by atoms with E-state index in [1.807, 2.05) is 6.07 Å². The van der Waals surface area contributed by atoms with Crippen molar-refractivity contribution in [3.8, 4) is 11.5 Å². The van der Waals surface area contributed by atoms with Crippen molar-refractivity contribution in [3.63, 3.8) is 0 Å². The molecule has 7 heteroatoms. The number of hydrogen-bond donors (Lipinski definition) is 1. The van der Waals surface area contributed by atoms with Crippen molar-refractivity contribution in [1.29, 1.82) is 0 Å². The van der Waals surface area contributed by atoms with Gasteiger partial charge in [-0.15, -0.1) is 0 Å². The van der Waals surface area contributed by atoms with E-state index >= 15 is 0 Å². The van der Waals surface area contributed by atoms with Gasteiger partial charge in [0.05, 0.1) is 40.4 Å². The topological polar surface area (TPSA) is 73.9 Å². The molecule has 2 aromatic carbocycles. The average Bonchev–Trinajstić information content (AvgIpc) is 2.91. The molecule has 3 atom stereocenters. The number of piperidine rings is 2. The van der Waals surface area contributed by atoms with Crippen LogP contribution in [-0.2, 0) is 9.53 Å². The molecule has 2 saturated heterocycles. The molecule has 0 saturated carbocycles. The van der Waals surface area contributed by atoms with E-state index in [-0.39, 0.29) is 11.6 Å². The third-order valence-electron chi connectivity index (χ3n) is 7.66. The average molecular weight is 494 g/mol. The summed E-state index contributed by atoms with van der Waals surface area (Å²) in [6.07, 6.45) is 7.51. The van der Waals surface area contributed by atoms with E-state index < -0.39 is 5.97 Å². The minimum Gasteiger partial charge on any atom is -0.493 e. The predicted molar refractivity (Wildman–Crippen MR) is 139 cm³/mol. The van der Waals surface area contributed by atoms with E-state index in [0.29, 0.717) is 41.2 Å². The molecule has 0 spiro atoms. The van der Waals surface area contributed by atoms with E-state index in [1.54, 1.807) is 62.8 Å². The van der Waals surface area contributed by atoms with Gasteiger partial charge in [-0.1, -0.05) is 24.3 Å². The summed E-state index contributed by atoms with van der Waals surface area (Å²) in [4.78, 5) is 26.2. The molecule has 192 valence electrons. The highest BCUT2D eigenvalue weighted by atomic mass is 16.5. The Bertz CT molecular complexity index is 1100. The summed E-state index contributed by atoms with van der Waals surface area (Å²) in [5.74, 6) is 0.543. The van der Waals surface area contributed by atoms with Crippen molar-refractivity contribution in [1.82, 2.24) is 5.32 Å². The van der Waals surface area contributed by atoms with Gasteiger partial charge in [-0.3, -0.25) is 4.79 Å². The Morgan fingerprint density at radius 2 is 1.72 bits per heavy atom.